The van der Waals surface area contributed by atoms with Gasteiger partial charge in [-0.15, -0.1) is 0 Å². The molecule has 0 aromatic heterocycles. The second-order valence-corrected chi connectivity index (χ2v) is 6.64. The van der Waals surface area contributed by atoms with E-state index >= 15 is 0 Å². The van der Waals surface area contributed by atoms with Gasteiger partial charge in [-0.05, 0) is 48.1 Å². The van der Waals surface area contributed by atoms with Crippen LogP contribution in [-0.4, -0.2) is 28.2 Å². The Balaban J connectivity index is 2.55. The van der Waals surface area contributed by atoms with Crippen molar-refractivity contribution in [3.8, 4) is 0 Å². The van der Waals surface area contributed by atoms with Crippen molar-refractivity contribution in [1.82, 2.24) is 5.32 Å². The van der Waals surface area contributed by atoms with Crippen molar-refractivity contribution in [2.24, 2.45) is 0 Å². The van der Waals surface area contributed by atoms with Crippen molar-refractivity contribution in [2.45, 2.75) is 19.4 Å². The van der Waals surface area contributed by atoms with E-state index in [9.17, 15) is 9.00 Å². The van der Waals surface area contributed by atoms with E-state index in [-0.39, 0.29) is 11.9 Å². The first kappa shape index (κ1) is 14.6. The molecular weight excluding hydrogens is 349 g/mol. The zero-order valence-electron chi connectivity index (χ0n) is 9.90. The summed E-state index contributed by atoms with van der Waals surface area (Å²) in [4.78, 5) is 11.9. The Morgan fingerprint density at radius 2 is 2.12 bits per heavy atom. The SMILES string of the molecule is CC(CCS(C)=O)NC(=O)c1ccccc1I. The van der Waals surface area contributed by atoms with Crippen LogP contribution in [0.3, 0.4) is 0 Å². The molecule has 1 aromatic rings. The van der Waals surface area contributed by atoms with E-state index in [1.54, 1.807) is 6.26 Å². The van der Waals surface area contributed by atoms with Crippen LogP contribution in [0.15, 0.2) is 24.3 Å². The summed E-state index contributed by atoms with van der Waals surface area (Å²) in [5, 5.41) is 2.91. The molecule has 0 radical (unpaired) electrons. The maximum Gasteiger partial charge on any atom is 0.252 e. The Kier molecular flexibility index (Phi) is 6.11. The van der Waals surface area contributed by atoms with E-state index in [1.165, 1.54) is 0 Å². The fourth-order valence-corrected chi connectivity index (χ4v) is 2.68. The molecule has 1 amide bonds. The summed E-state index contributed by atoms with van der Waals surface area (Å²) in [5.74, 6) is 0.553. The van der Waals surface area contributed by atoms with Crippen LogP contribution in [0.25, 0.3) is 0 Å². The van der Waals surface area contributed by atoms with Crippen LogP contribution in [0.5, 0.6) is 0 Å². The summed E-state index contributed by atoms with van der Waals surface area (Å²) in [6, 6.07) is 7.51. The van der Waals surface area contributed by atoms with Crippen molar-refractivity contribution in [1.29, 1.82) is 0 Å². The lowest BCUT2D eigenvalue weighted by Crippen LogP contribution is -2.33. The Hall–Kier alpha value is -0.430. The average molecular weight is 365 g/mol. The minimum absolute atomic E-state index is 0.0439. The molecule has 2 unspecified atom stereocenters. The molecule has 1 rings (SSSR count). The summed E-state index contributed by atoms with van der Waals surface area (Å²) in [6.45, 7) is 1.93. The predicted molar refractivity (Wildman–Crippen MR) is 79.6 cm³/mol. The topological polar surface area (TPSA) is 46.2 Å². The van der Waals surface area contributed by atoms with Gasteiger partial charge >= 0.3 is 0 Å². The molecule has 0 saturated carbocycles. The molecule has 0 spiro atoms. The van der Waals surface area contributed by atoms with E-state index < -0.39 is 10.8 Å². The maximum atomic E-state index is 11.9. The standard InChI is InChI=1S/C12H16INO2S/c1-9(7-8-17(2)16)14-12(15)10-5-3-4-6-11(10)13/h3-6,9H,7-8H2,1-2H3,(H,14,15). The Morgan fingerprint density at radius 1 is 1.47 bits per heavy atom. The summed E-state index contributed by atoms with van der Waals surface area (Å²) in [5.41, 5.74) is 0.692. The zero-order valence-corrected chi connectivity index (χ0v) is 12.9. The highest BCUT2D eigenvalue weighted by molar-refractivity contribution is 14.1. The largest absolute Gasteiger partial charge is 0.350 e. The molecule has 5 heteroatoms. The van der Waals surface area contributed by atoms with E-state index in [0.717, 1.165) is 9.99 Å². The van der Waals surface area contributed by atoms with Gasteiger partial charge in [0.1, 0.15) is 0 Å². The van der Waals surface area contributed by atoms with Gasteiger partial charge in [-0.25, -0.2) is 0 Å². The number of carbonyl (C=O) groups is 1. The first-order valence-corrected chi connectivity index (χ1v) is 8.16. The highest BCUT2D eigenvalue weighted by atomic mass is 127. The summed E-state index contributed by atoms with van der Waals surface area (Å²) in [7, 11) is -0.803. The molecule has 0 aliphatic rings. The van der Waals surface area contributed by atoms with Gasteiger partial charge in [0, 0.05) is 32.4 Å². The minimum atomic E-state index is -0.803. The van der Waals surface area contributed by atoms with Crippen LogP contribution < -0.4 is 5.32 Å². The van der Waals surface area contributed by atoms with Gasteiger partial charge in [0.05, 0.1) is 5.56 Å². The number of rotatable bonds is 5. The quantitative estimate of drug-likeness (QED) is 0.814. The summed E-state index contributed by atoms with van der Waals surface area (Å²) >= 11 is 2.14. The van der Waals surface area contributed by atoms with Crippen LogP contribution in [0.4, 0.5) is 0 Å². The molecular formula is C12H16INO2S. The highest BCUT2D eigenvalue weighted by Crippen LogP contribution is 2.11. The van der Waals surface area contributed by atoms with Crippen LogP contribution in [0.2, 0.25) is 0 Å². The van der Waals surface area contributed by atoms with Crippen molar-refractivity contribution in [3.05, 3.63) is 33.4 Å². The molecule has 2 atom stereocenters. The predicted octanol–water partition coefficient (Wildman–Crippen LogP) is 2.18. The fraction of sp³-hybridized carbons (Fsp3) is 0.417. The van der Waals surface area contributed by atoms with Crippen LogP contribution in [0, 0.1) is 3.57 Å². The van der Waals surface area contributed by atoms with Crippen LogP contribution >= 0.6 is 22.6 Å². The second-order valence-electron chi connectivity index (χ2n) is 3.92. The van der Waals surface area contributed by atoms with Gasteiger partial charge in [-0.2, -0.15) is 0 Å². The molecule has 0 bridgehead atoms. The third kappa shape index (κ3) is 5.16. The van der Waals surface area contributed by atoms with E-state index in [1.807, 2.05) is 31.2 Å². The van der Waals surface area contributed by atoms with Crippen molar-refractivity contribution in [2.75, 3.05) is 12.0 Å². The van der Waals surface area contributed by atoms with Crippen molar-refractivity contribution in [3.63, 3.8) is 0 Å². The molecule has 3 nitrogen and oxygen atoms in total. The second kappa shape index (κ2) is 7.10. The number of amides is 1. The fourth-order valence-electron chi connectivity index (χ4n) is 1.36. The monoisotopic (exact) mass is 365 g/mol. The minimum Gasteiger partial charge on any atom is -0.350 e. The lowest BCUT2D eigenvalue weighted by atomic mass is 10.2. The van der Waals surface area contributed by atoms with Gasteiger partial charge in [-0.1, -0.05) is 12.1 Å². The lowest BCUT2D eigenvalue weighted by molar-refractivity contribution is 0.0938. The molecule has 0 aliphatic heterocycles. The smallest absolute Gasteiger partial charge is 0.252 e. The third-order valence-corrected chi connectivity index (χ3v) is 4.09. The normalized spacial score (nSPS) is 14.1. The molecule has 0 heterocycles. The van der Waals surface area contributed by atoms with E-state index in [2.05, 4.69) is 27.9 Å². The zero-order chi connectivity index (χ0) is 12.8. The number of halogens is 1. The Bertz CT molecular complexity index is 423. The molecule has 0 saturated heterocycles. The number of carbonyl (C=O) groups excluding carboxylic acids is 1. The lowest BCUT2D eigenvalue weighted by Gasteiger charge is -2.13. The summed E-state index contributed by atoms with van der Waals surface area (Å²) < 4.78 is 11.9. The van der Waals surface area contributed by atoms with Gasteiger partial charge < -0.3 is 5.32 Å². The van der Waals surface area contributed by atoms with Gasteiger partial charge in [0.2, 0.25) is 0 Å². The van der Waals surface area contributed by atoms with Crippen LogP contribution in [-0.2, 0) is 10.8 Å². The number of hydrogen-bond donors (Lipinski definition) is 1. The van der Waals surface area contributed by atoms with Gasteiger partial charge in [-0.3, -0.25) is 9.00 Å². The number of hydrogen-bond acceptors (Lipinski definition) is 2. The first-order chi connectivity index (χ1) is 8.00. The molecule has 1 N–H and O–H groups in total. The average Bonchev–Trinajstić information content (AvgIpc) is 2.26. The highest BCUT2D eigenvalue weighted by Gasteiger charge is 2.12. The van der Waals surface area contributed by atoms with E-state index in [4.69, 9.17) is 0 Å². The molecule has 0 fully saturated rings. The maximum absolute atomic E-state index is 11.9. The van der Waals surface area contributed by atoms with Gasteiger partial charge in [0.15, 0.2) is 0 Å². The van der Waals surface area contributed by atoms with E-state index in [0.29, 0.717) is 11.3 Å². The first-order valence-electron chi connectivity index (χ1n) is 5.36. The van der Waals surface area contributed by atoms with Crippen molar-refractivity contribution < 1.29 is 9.00 Å². The molecule has 0 aliphatic carbocycles. The Labute approximate surface area is 118 Å². The number of benzene rings is 1. The van der Waals surface area contributed by atoms with Gasteiger partial charge in [0.25, 0.3) is 5.91 Å². The Morgan fingerprint density at radius 3 is 2.71 bits per heavy atom. The summed E-state index contributed by atoms with van der Waals surface area (Å²) in [6.07, 6.45) is 2.41. The van der Waals surface area contributed by atoms with Crippen molar-refractivity contribution >= 4 is 39.3 Å². The van der Waals surface area contributed by atoms with Crippen LogP contribution in [0.1, 0.15) is 23.7 Å². The third-order valence-electron chi connectivity index (χ3n) is 2.33. The molecule has 94 valence electrons. The number of nitrogens with one attached hydrogen (secondary N) is 1. The molecule has 17 heavy (non-hydrogen) atoms. The molecule has 1 aromatic carbocycles.